The number of halogens is 1. The Morgan fingerprint density at radius 3 is 2.78 bits per heavy atom. The van der Waals surface area contributed by atoms with Crippen molar-refractivity contribution in [1.82, 2.24) is 0 Å². The molecule has 2 unspecified atom stereocenters. The van der Waals surface area contributed by atoms with Gasteiger partial charge in [-0.1, -0.05) is 23.7 Å². The average Bonchev–Trinajstić information content (AvgIpc) is 3.28. The van der Waals surface area contributed by atoms with E-state index in [1.54, 1.807) is 35.7 Å². The van der Waals surface area contributed by atoms with E-state index >= 15 is 0 Å². The minimum absolute atomic E-state index is 0.00174. The number of thiophene rings is 1. The van der Waals surface area contributed by atoms with E-state index in [2.05, 4.69) is 10.3 Å². The van der Waals surface area contributed by atoms with E-state index in [9.17, 15) is 14.7 Å². The molecule has 4 rings (SSSR count). The molecule has 0 saturated carbocycles. The number of rotatable bonds is 4. The maximum absolute atomic E-state index is 12.7. The summed E-state index contributed by atoms with van der Waals surface area (Å²) in [6, 6.07) is 6.92. The van der Waals surface area contributed by atoms with Gasteiger partial charge in [0.05, 0.1) is 5.92 Å². The maximum atomic E-state index is 12.7. The van der Waals surface area contributed by atoms with E-state index in [-0.39, 0.29) is 23.4 Å². The molecule has 27 heavy (non-hydrogen) atoms. The molecule has 0 fully saturated rings. The van der Waals surface area contributed by atoms with Gasteiger partial charge in [0, 0.05) is 16.0 Å². The van der Waals surface area contributed by atoms with Crippen molar-refractivity contribution in [1.29, 1.82) is 0 Å². The summed E-state index contributed by atoms with van der Waals surface area (Å²) in [4.78, 5) is 28.7. The number of anilines is 1. The van der Waals surface area contributed by atoms with Crippen LogP contribution in [-0.4, -0.2) is 29.4 Å². The van der Waals surface area contributed by atoms with Crippen molar-refractivity contribution in [3.8, 4) is 11.1 Å². The predicted octanol–water partition coefficient (Wildman–Crippen LogP) is 4.43. The number of nitrogens with one attached hydrogen (secondary N) is 1. The number of aliphatic imine (C=N–C) groups is 1. The van der Waals surface area contributed by atoms with Crippen LogP contribution in [0, 0.1) is 5.92 Å². The first-order valence-electron chi connectivity index (χ1n) is 8.34. The second kappa shape index (κ2) is 7.17. The number of nitrogens with zero attached hydrogens (tertiary/aromatic N) is 1. The zero-order valence-electron chi connectivity index (χ0n) is 14.0. The van der Waals surface area contributed by atoms with Gasteiger partial charge in [-0.3, -0.25) is 4.79 Å². The maximum Gasteiger partial charge on any atom is 0.339 e. The fraction of sp³-hybridized carbons (Fsp3) is 0.211. The molecular weight excluding hydrogens is 388 g/mol. The van der Waals surface area contributed by atoms with Gasteiger partial charge in [-0.15, -0.1) is 11.3 Å². The molecule has 1 aromatic heterocycles. The normalized spacial score (nSPS) is 20.6. The second-order valence-corrected chi connectivity index (χ2v) is 7.61. The molecule has 6 nitrogen and oxygen atoms in total. The number of amides is 1. The van der Waals surface area contributed by atoms with E-state index in [4.69, 9.17) is 16.3 Å². The topological polar surface area (TPSA) is 88.0 Å². The zero-order valence-corrected chi connectivity index (χ0v) is 15.6. The van der Waals surface area contributed by atoms with Gasteiger partial charge in [0.1, 0.15) is 22.4 Å². The van der Waals surface area contributed by atoms with Crippen LogP contribution in [0.3, 0.4) is 0 Å². The standard InChI is InChI=1S/C19H15ClN2O4S/c20-12-4-1-10(2-5-12)13-8-27-18(16(13)19(24)25)22-17(23)11-3-6-14-15(7-11)26-9-21-14/h1-2,4-5,7-9,11,14H,3,6H2,(H,22,23)(H,24,25). The van der Waals surface area contributed by atoms with Crippen LogP contribution in [0.5, 0.6) is 0 Å². The molecule has 0 saturated heterocycles. The van der Waals surface area contributed by atoms with Gasteiger partial charge < -0.3 is 15.2 Å². The Kier molecular flexibility index (Phi) is 4.72. The van der Waals surface area contributed by atoms with Crippen LogP contribution in [0.1, 0.15) is 23.2 Å². The zero-order chi connectivity index (χ0) is 19.0. The molecular formula is C19H15ClN2O4S. The highest BCUT2D eigenvalue weighted by molar-refractivity contribution is 7.15. The number of carboxylic acid groups (broad SMARTS) is 1. The summed E-state index contributed by atoms with van der Waals surface area (Å²) in [6.45, 7) is 0. The highest BCUT2D eigenvalue weighted by Gasteiger charge is 2.31. The molecule has 0 spiro atoms. The number of hydrogen-bond donors (Lipinski definition) is 2. The third kappa shape index (κ3) is 3.48. The third-order valence-electron chi connectivity index (χ3n) is 4.61. The summed E-state index contributed by atoms with van der Waals surface area (Å²) in [7, 11) is 0. The lowest BCUT2D eigenvalue weighted by Gasteiger charge is -2.20. The fourth-order valence-corrected chi connectivity index (χ4v) is 4.31. The summed E-state index contributed by atoms with van der Waals surface area (Å²) in [5, 5.41) is 15.1. The van der Waals surface area contributed by atoms with Crippen molar-refractivity contribution in [2.45, 2.75) is 18.9 Å². The van der Waals surface area contributed by atoms with Crippen LogP contribution in [0.2, 0.25) is 5.02 Å². The molecule has 2 aliphatic rings. The summed E-state index contributed by atoms with van der Waals surface area (Å²) in [5.74, 6) is -1.02. The number of benzene rings is 1. The average molecular weight is 403 g/mol. The van der Waals surface area contributed by atoms with Crippen LogP contribution in [0.4, 0.5) is 5.00 Å². The molecule has 0 radical (unpaired) electrons. The number of fused-ring (bicyclic) bond motifs is 1. The molecule has 2 aromatic rings. The molecule has 2 heterocycles. The Balaban J connectivity index is 1.59. The van der Waals surface area contributed by atoms with Gasteiger partial charge in [-0.2, -0.15) is 0 Å². The minimum atomic E-state index is -1.09. The first-order chi connectivity index (χ1) is 13.0. The first kappa shape index (κ1) is 17.8. The van der Waals surface area contributed by atoms with E-state index in [0.29, 0.717) is 27.8 Å². The van der Waals surface area contributed by atoms with Gasteiger partial charge in [0.15, 0.2) is 6.40 Å². The molecule has 138 valence electrons. The fourth-order valence-electron chi connectivity index (χ4n) is 3.22. The monoisotopic (exact) mass is 402 g/mol. The van der Waals surface area contributed by atoms with E-state index < -0.39 is 5.97 Å². The number of ether oxygens (including phenoxy) is 1. The molecule has 0 bridgehead atoms. The van der Waals surface area contributed by atoms with Gasteiger partial charge in [-0.05, 0) is 36.6 Å². The van der Waals surface area contributed by atoms with Crippen molar-refractivity contribution >= 4 is 46.2 Å². The molecule has 1 amide bonds. The predicted molar refractivity (Wildman–Crippen MR) is 105 cm³/mol. The van der Waals surface area contributed by atoms with E-state index in [1.807, 2.05) is 0 Å². The van der Waals surface area contributed by atoms with Crippen LogP contribution in [0.15, 0.2) is 46.5 Å². The number of carboxylic acids is 1. The van der Waals surface area contributed by atoms with Crippen molar-refractivity contribution in [3.63, 3.8) is 0 Å². The molecule has 1 aliphatic heterocycles. The molecule has 2 atom stereocenters. The highest BCUT2D eigenvalue weighted by Crippen LogP contribution is 2.37. The van der Waals surface area contributed by atoms with Crippen LogP contribution < -0.4 is 5.32 Å². The molecule has 2 N–H and O–H groups in total. The van der Waals surface area contributed by atoms with Gasteiger partial charge in [-0.25, -0.2) is 9.79 Å². The van der Waals surface area contributed by atoms with Crippen LogP contribution >= 0.6 is 22.9 Å². The largest absolute Gasteiger partial charge is 0.478 e. The number of aromatic carboxylic acids is 1. The Morgan fingerprint density at radius 2 is 2.04 bits per heavy atom. The number of hydrogen-bond acceptors (Lipinski definition) is 5. The summed E-state index contributed by atoms with van der Waals surface area (Å²) in [5.41, 5.74) is 1.36. The molecule has 1 aliphatic carbocycles. The number of carbonyl (C=O) groups is 2. The third-order valence-corrected chi connectivity index (χ3v) is 5.76. The van der Waals surface area contributed by atoms with Gasteiger partial charge in [0.25, 0.3) is 0 Å². The quantitative estimate of drug-likeness (QED) is 0.792. The lowest BCUT2D eigenvalue weighted by atomic mass is 9.91. The lowest BCUT2D eigenvalue weighted by Crippen LogP contribution is -2.26. The summed E-state index contributed by atoms with van der Waals surface area (Å²) in [6.07, 6.45) is 4.53. The first-order valence-corrected chi connectivity index (χ1v) is 9.60. The van der Waals surface area contributed by atoms with E-state index in [1.165, 1.54) is 17.7 Å². The Bertz CT molecular complexity index is 965. The van der Waals surface area contributed by atoms with Gasteiger partial charge >= 0.3 is 5.97 Å². The Morgan fingerprint density at radius 1 is 1.26 bits per heavy atom. The van der Waals surface area contributed by atoms with Crippen molar-refractivity contribution in [2.24, 2.45) is 10.9 Å². The SMILES string of the molecule is O=C(O)c1c(-c2ccc(Cl)cc2)csc1NC(=O)C1C=C2OC=NC2CC1. The number of carbonyl (C=O) groups excluding carboxylic acids is 1. The molecule has 8 heteroatoms. The van der Waals surface area contributed by atoms with Crippen molar-refractivity contribution < 1.29 is 19.4 Å². The minimum Gasteiger partial charge on any atom is -0.478 e. The summed E-state index contributed by atoms with van der Waals surface area (Å²) < 4.78 is 5.31. The van der Waals surface area contributed by atoms with Crippen molar-refractivity contribution in [2.75, 3.05) is 5.32 Å². The van der Waals surface area contributed by atoms with Gasteiger partial charge in [0.2, 0.25) is 5.91 Å². The second-order valence-electron chi connectivity index (χ2n) is 6.30. The highest BCUT2D eigenvalue weighted by atomic mass is 35.5. The smallest absolute Gasteiger partial charge is 0.339 e. The molecule has 1 aromatic carbocycles. The lowest BCUT2D eigenvalue weighted by molar-refractivity contribution is -0.118. The summed E-state index contributed by atoms with van der Waals surface area (Å²) >= 11 is 7.10. The van der Waals surface area contributed by atoms with Crippen molar-refractivity contribution in [3.05, 3.63) is 52.1 Å². The Labute approximate surface area is 164 Å². The van der Waals surface area contributed by atoms with Crippen LogP contribution in [0.25, 0.3) is 11.1 Å². The van der Waals surface area contributed by atoms with Crippen LogP contribution in [-0.2, 0) is 9.53 Å². The van der Waals surface area contributed by atoms with E-state index in [0.717, 1.165) is 12.0 Å². The Hall–Kier alpha value is -2.64.